The molecule has 0 amide bonds. The summed E-state index contributed by atoms with van der Waals surface area (Å²) in [7, 11) is 0. The van der Waals surface area contributed by atoms with Gasteiger partial charge in [0, 0.05) is 18.7 Å². The zero-order chi connectivity index (χ0) is 15.9. The molecule has 6 heteroatoms. The molecule has 2 heterocycles. The number of nitrogens with zero attached hydrogens (tertiary/aromatic N) is 2. The van der Waals surface area contributed by atoms with Crippen molar-refractivity contribution in [3.8, 4) is 11.3 Å². The molecule has 0 unspecified atom stereocenters. The Morgan fingerprint density at radius 2 is 1.91 bits per heavy atom. The highest BCUT2D eigenvalue weighted by molar-refractivity contribution is 7.71. The van der Waals surface area contributed by atoms with Gasteiger partial charge in [-0.1, -0.05) is 12.1 Å². The summed E-state index contributed by atoms with van der Waals surface area (Å²) in [6.45, 7) is 4.89. The third-order valence-electron chi connectivity index (χ3n) is 3.64. The lowest BCUT2D eigenvalue weighted by molar-refractivity contribution is 0.550. The zero-order valence-corrected chi connectivity index (χ0v) is 13.1. The number of benzene rings is 1. The van der Waals surface area contributed by atoms with Crippen molar-refractivity contribution in [2.24, 2.45) is 0 Å². The minimum absolute atomic E-state index is 0.182. The molecule has 114 valence electrons. The topological polar surface area (TPSA) is 40.1 Å². The largest absolute Gasteiger partial charge is 0.439 e. The molecule has 0 spiro atoms. The SMILES string of the molecule is CCn1c(=O)c2cc(-c3cccc(F)c3)oc2n(CC)c1=S. The van der Waals surface area contributed by atoms with Gasteiger partial charge in [-0.15, -0.1) is 0 Å². The second kappa shape index (κ2) is 5.53. The third-order valence-corrected chi connectivity index (χ3v) is 4.08. The number of furan rings is 1. The molecular formula is C16H15FN2O2S. The molecule has 0 aliphatic carbocycles. The Hall–Kier alpha value is -2.21. The molecule has 3 rings (SSSR count). The van der Waals surface area contributed by atoms with Crippen LogP contribution in [0, 0.1) is 10.6 Å². The molecule has 0 aliphatic heterocycles. The van der Waals surface area contributed by atoms with Crippen molar-refractivity contribution in [2.75, 3.05) is 0 Å². The van der Waals surface area contributed by atoms with Gasteiger partial charge in [0.25, 0.3) is 5.56 Å². The van der Waals surface area contributed by atoms with Crippen LogP contribution in [0.5, 0.6) is 0 Å². The summed E-state index contributed by atoms with van der Waals surface area (Å²) in [4.78, 5) is 12.5. The summed E-state index contributed by atoms with van der Waals surface area (Å²) < 4.78 is 22.9. The minimum atomic E-state index is -0.351. The van der Waals surface area contributed by atoms with Crippen LogP contribution in [0.15, 0.2) is 39.5 Å². The number of aryl methyl sites for hydroxylation is 1. The summed E-state index contributed by atoms with van der Waals surface area (Å²) in [5, 5.41) is 0.455. The lowest BCUT2D eigenvalue weighted by Gasteiger charge is -2.09. The normalized spacial score (nSPS) is 11.2. The first-order valence-corrected chi connectivity index (χ1v) is 7.50. The number of halogens is 1. The molecule has 1 aromatic carbocycles. The second-order valence-electron chi connectivity index (χ2n) is 4.92. The molecule has 0 fully saturated rings. The van der Waals surface area contributed by atoms with Gasteiger partial charge in [0.15, 0.2) is 4.77 Å². The Bertz CT molecular complexity index is 968. The van der Waals surface area contributed by atoms with E-state index >= 15 is 0 Å². The smallest absolute Gasteiger partial charge is 0.265 e. The van der Waals surface area contributed by atoms with Gasteiger partial charge in [-0.05, 0) is 44.3 Å². The highest BCUT2D eigenvalue weighted by Crippen LogP contribution is 2.26. The first-order valence-electron chi connectivity index (χ1n) is 7.10. The summed E-state index contributed by atoms with van der Waals surface area (Å²) in [6.07, 6.45) is 0. The maximum absolute atomic E-state index is 13.4. The molecule has 0 bridgehead atoms. The minimum Gasteiger partial charge on any atom is -0.439 e. The van der Waals surface area contributed by atoms with E-state index < -0.39 is 0 Å². The monoisotopic (exact) mass is 318 g/mol. The Labute approximate surface area is 131 Å². The van der Waals surface area contributed by atoms with E-state index in [9.17, 15) is 9.18 Å². The van der Waals surface area contributed by atoms with Crippen LogP contribution in [0.4, 0.5) is 4.39 Å². The van der Waals surface area contributed by atoms with E-state index in [1.54, 1.807) is 22.8 Å². The van der Waals surface area contributed by atoms with Crippen LogP contribution in [0.1, 0.15) is 13.8 Å². The number of hydrogen-bond acceptors (Lipinski definition) is 3. The maximum atomic E-state index is 13.4. The van der Waals surface area contributed by atoms with Crippen LogP contribution in [-0.2, 0) is 13.1 Å². The third kappa shape index (κ3) is 2.20. The molecule has 2 aromatic heterocycles. The summed E-state index contributed by atoms with van der Waals surface area (Å²) >= 11 is 5.36. The molecule has 0 aliphatic rings. The van der Waals surface area contributed by atoms with Crippen molar-refractivity contribution in [3.05, 3.63) is 51.3 Å². The fourth-order valence-corrected chi connectivity index (χ4v) is 2.97. The van der Waals surface area contributed by atoms with E-state index in [1.807, 2.05) is 13.8 Å². The van der Waals surface area contributed by atoms with Gasteiger partial charge in [-0.2, -0.15) is 0 Å². The standard InChI is InChI=1S/C16H15FN2O2S/c1-3-18-14(20)12-9-13(10-6-5-7-11(17)8-10)21-15(12)19(4-2)16(18)22/h5-9H,3-4H2,1-2H3. The summed E-state index contributed by atoms with van der Waals surface area (Å²) in [6, 6.07) is 7.74. The average Bonchev–Trinajstić information content (AvgIpc) is 2.93. The van der Waals surface area contributed by atoms with Crippen molar-refractivity contribution < 1.29 is 8.81 Å². The Kier molecular flexibility index (Phi) is 3.70. The van der Waals surface area contributed by atoms with Crippen LogP contribution in [0.3, 0.4) is 0 Å². The van der Waals surface area contributed by atoms with E-state index in [0.717, 1.165) is 0 Å². The lowest BCUT2D eigenvalue weighted by atomic mass is 10.1. The van der Waals surface area contributed by atoms with Crippen molar-refractivity contribution in [3.63, 3.8) is 0 Å². The van der Waals surface area contributed by atoms with Gasteiger partial charge in [0.1, 0.15) is 17.0 Å². The number of aromatic nitrogens is 2. The van der Waals surface area contributed by atoms with Gasteiger partial charge >= 0.3 is 0 Å². The fourth-order valence-electron chi connectivity index (χ4n) is 2.54. The van der Waals surface area contributed by atoms with Gasteiger partial charge in [0.05, 0.1) is 0 Å². The predicted molar refractivity (Wildman–Crippen MR) is 86.0 cm³/mol. The van der Waals surface area contributed by atoms with E-state index in [4.69, 9.17) is 16.6 Å². The second-order valence-corrected chi connectivity index (χ2v) is 5.28. The van der Waals surface area contributed by atoms with Crippen LogP contribution in [0.25, 0.3) is 22.4 Å². The van der Waals surface area contributed by atoms with E-state index in [0.29, 0.717) is 40.3 Å². The molecule has 0 radical (unpaired) electrons. The predicted octanol–water partition coefficient (Wildman–Crippen LogP) is 3.97. The van der Waals surface area contributed by atoms with Crippen LogP contribution >= 0.6 is 12.2 Å². The molecule has 0 saturated carbocycles. The quantitative estimate of drug-likeness (QED) is 0.686. The summed E-state index contributed by atoms with van der Waals surface area (Å²) in [5.41, 5.74) is 0.840. The summed E-state index contributed by atoms with van der Waals surface area (Å²) in [5.74, 6) is 0.105. The maximum Gasteiger partial charge on any atom is 0.265 e. The van der Waals surface area contributed by atoms with Gasteiger partial charge in [-0.25, -0.2) is 4.39 Å². The average molecular weight is 318 g/mol. The number of hydrogen-bond donors (Lipinski definition) is 0. The van der Waals surface area contributed by atoms with Crippen LogP contribution in [0.2, 0.25) is 0 Å². The van der Waals surface area contributed by atoms with E-state index in [1.165, 1.54) is 16.7 Å². The number of fused-ring (bicyclic) bond motifs is 1. The Balaban J connectivity index is 2.37. The molecular weight excluding hydrogens is 303 g/mol. The molecule has 22 heavy (non-hydrogen) atoms. The van der Waals surface area contributed by atoms with Crippen LogP contribution < -0.4 is 5.56 Å². The van der Waals surface area contributed by atoms with Crippen molar-refractivity contribution in [2.45, 2.75) is 26.9 Å². The molecule has 3 aromatic rings. The van der Waals surface area contributed by atoms with Crippen molar-refractivity contribution >= 4 is 23.3 Å². The molecule has 0 atom stereocenters. The Morgan fingerprint density at radius 1 is 1.18 bits per heavy atom. The first kappa shape index (κ1) is 14.7. The molecule has 0 saturated heterocycles. The number of rotatable bonds is 3. The molecule has 0 N–H and O–H groups in total. The van der Waals surface area contributed by atoms with Crippen LogP contribution in [-0.4, -0.2) is 9.13 Å². The lowest BCUT2D eigenvalue weighted by Crippen LogP contribution is -2.24. The van der Waals surface area contributed by atoms with Crippen molar-refractivity contribution in [1.29, 1.82) is 0 Å². The fraction of sp³-hybridized carbons (Fsp3) is 0.250. The van der Waals surface area contributed by atoms with Gasteiger partial charge < -0.3 is 4.42 Å². The van der Waals surface area contributed by atoms with E-state index in [-0.39, 0.29) is 11.4 Å². The van der Waals surface area contributed by atoms with E-state index in [2.05, 4.69) is 0 Å². The van der Waals surface area contributed by atoms with Crippen molar-refractivity contribution in [1.82, 2.24) is 9.13 Å². The van der Waals surface area contributed by atoms with Gasteiger partial charge in [0.2, 0.25) is 5.71 Å². The van der Waals surface area contributed by atoms with Gasteiger partial charge in [-0.3, -0.25) is 13.9 Å². The highest BCUT2D eigenvalue weighted by atomic mass is 32.1. The first-order chi connectivity index (χ1) is 10.6. The Morgan fingerprint density at radius 3 is 2.55 bits per heavy atom. The highest BCUT2D eigenvalue weighted by Gasteiger charge is 2.15. The molecule has 4 nitrogen and oxygen atoms in total. The zero-order valence-electron chi connectivity index (χ0n) is 12.3.